The molecule has 1 aliphatic carbocycles. The first-order valence-electron chi connectivity index (χ1n) is 9.06. The lowest BCUT2D eigenvalue weighted by atomic mass is 10.1. The van der Waals surface area contributed by atoms with Crippen molar-refractivity contribution >= 4 is 23.2 Å². The number of amides is 1. The van der Waals surface area contributed by atoms with Crippen molar-refractivity contribution in [2.75, 3.05) is 40.3 Å². The van der Waals surface area contributed by atoms with Crippen molar-refractivity contribution in [2.24, 2.45) is 0 Å². The summed E-state index contributed by atoms with van der Waals surface area (Å²) in [6.45, 7) is 2.76. The molecule has 0 bridgehead atoms. The van der Waals surface area contributed by atoms with Gasteiger partial charge in [-0.05, 0) is 19.2 Å². The molecule has 0 atom stereocenters. The summed E-state index contributed by atoms with van der Waals surface area (Å²) in [6, 6.07) is 4.74. The molecule has 0 unspecified atom stereocenters. The van der Waals surface area contributed by atoms with Crippen LogP contribution in [-0.4, -0.2) is 77.0 Å². The Morgan fingerprint density at radius 1 is 1.25 bits per heavy atom. The molecule has 1 aliphatic heterocycles. The molecule has 0 spiro atoms. The fourth-order valence-electron chi connectivity index (χ4n) is 3.07. The smallest absolute Gasteiger partial charge is 0.415 e. The van der Waals surface area contributed by atoms with E-state index in [4.69, 9.17) is 9.57 Å². The third-order valence-corrected chi connectivity index (χ3v) is 4.72. The van der Waals surface area contributed by atoms with Crippen molar-refractivity contribution in [2.45, 2.75) is 6.42 Å². The maximum absolute atomic E-state index is 12.5. The topological polar surface area (TPSA) is 102 Å². The number of likely N-dealkylation sites (N-methyl/N-ethyl adjacent to an activating group) is 1. The van der Waals surface area contributed by atoms with Gasteiger partial charge in [0.15, 0.2) is 5.75 Å². The van der Waals surface area contributed by atoms with Crippen molar-refractivity contribution in [3.63, 3.8) is 0 Å². The molecule has 1 heterocycles. The number of phenols is 1. The fourth-order valence-corrected chi connectivity index (χ4v) is 3.07. The Hall–Kier alpha value is -2.88. The van der Waals surface area contributed by atoms with Gasteiger partial charge < -0.3 is 19.6 Å². The largest absolute Gasteiger partial charge is 0.502 e. The van der Waals surface area contributed by atoms with Crippen LogP contribution in [0.3, 0.4) is 0 Å². The lowest BCUT2D eigenvalue weighted by Crippen LogP contribution is -2.76. The third kappa shape index (κ3) is 4.33. The number of benzene rings is 1. The first-order valence-corrected chi connectivity index (χ1v) is 9.06. The standard InChI is InChI=1S/C19H24N4O5/c1-21-10-12-22(13-11-21)19(25)28-17-9-4-3-6-14(17)23(26)15-7-5-8-16(24)18(15)20-27-2/h3-5,7-9,20H,6,10-13H2,1-2H3,(H-,24,26)/p+2/b23-14-. The molecule has 28 heavy (non-hydrogen) atoms. The Kier molecular flexibility index (Phi) is 6.30. The highest BCUT2D eigenvalue weighted by atomic mass is 16.6. The number of rotatable bonds is 4. The molecule has 9 heteroatoms. The van der Waals surface area contributed by atoms with Crippen LogP contribution in [0.1, 0.15) is 6.42 Å². The summed E-state index contributed by atoms with van der Waals surface area (Å²) in [4.78, 5) is 21.3. The molecule has 0 aromatic heterocycles. The molecule has 1 fully saturated rings. The minimum atomic E-state index is -0.444. The number of quaternary nitrogens is 1. The SMILES string of the molecule is CO[NH2+]c1c(O)cccc1/[N+](O)=C1\CC=CC=C1OC(=O)N1CCN(C)CC1. The zero-order valence-corrected chi connectivity index (χ0v) is 16.0. The lowest BCUT2D eigenvalue weighted by Gasteiger charge is -2.31. The molecule has 0 radical (unpaired) electrons. The van der Waals surface area contributed by atoms with Gasteiger partial charge in [0.2, 0.25) is 5.76 Å². The van der Waals surface area contributed by atoms with Crippen LogP contribution in [0.5, 0.6) is 5.75 Å². The van der Waals surface area contributed by atoms with Crippen LogP contribution in [-0.2, 0) is 9.57 Å². The number of nitrogens with zero attached hydrogens (tertiary/aromatic N) is 3. The predicted molar refractivity (Wildman–Crippen MR) is 101 cm³/mol. The van der Waals surface area contributed by atoms with E-state index in [0.717, 1.165) is 17.8 Å². The van der Waals surface area contributed by atoms with Crippen LogP contribution in [0.2, 0.25) is 0 Å². The summed E-state index contributed by atoms with van der Waals surface area (Å²) in [7, 11) is 3.47. The highest BCUT2D eigenvalue weighted by molar-refractivity contribution is 5.99. The molecule has 9 nitrogen and oxygen atoms in total. The number of nitrogens with two attached hydrogens (primary N) is 1. The Labute approximate surface area is 163 Å². The van der Waals surface area contributed by atoms with E-state index in [1.807, 2.05) is 13.1 Å². The molecule has 150 valence electrons. The average Bonchev–Trinajstić information content (AvgIpc) is 2.70. The van der Waals surface area contributed by atoms with Gasteiger partial charge in [0.25, 0.3) is 11.4 Å². The number of hydrogen-bond acceptors (Lipinski definition) is 6. The monoisotopic (exact) mass is 390 g/mol. The van der Waals surface area contributed by atoms with Crippen molar-refractivity contribution in [1.82, 2.24) is 9.80 Å². The Morgan fingerprint density at radius 3 is 2.71 bits per heavy atom. The van der Waals surface area contributed by atoms with Crippen LogP contribution in [0, 0.1) is 0 Å². The minimum absolute atomic E-state index is 0.0367. The minimum Gasteiger partial charge on any atom is -0.502 e. The second kappa shape index (κ2) is 8.87. The molecule has 3 rings (SSSR count). The molecule has 1 amide bonds. The zero-order chi connectivity index (χ0) is 20.1. The van der Waals surface area contributed by atoms with Gasteiger partial charge in [-0.15, -0.1) is 0 Å². The number of carbonyl (C=O) groups is 1. The average molecular weight is 390 g/mol. The van der Waals surface area contributed by atoms with E-state index in [-0.39, 0.29) is 11.5 Å². The maximum atomic E-state index is 12.5. The van der Waals surface area contributed by atoms with Crippen LogP contribution in [0.25, 0.3) is 0 Å². The van der Waals surface area contributed by atoms with Gasteiger partial charge >= 0.3 is 11.8 Å². The summed E-state index contributed by atoms with van der Waals surface area (Å²) in [5.74, 6) is 0.228. The number of allylic oxidation sites excluding steroid dienone is 4. The van der Waals surface area contributed by atoms with Crippen LogP contribution in [0.4, 0.5) is 16.2 Å². The van der Waals surface area contributed by atoms with Gasteiger partial charge in [0.05, 0.1) is 13.5 Å². The number of phenolic OH excluding ortho intramolecular Hbond substituents is 1. The van der Waals surface area contributed by atoms with Gasteiger partial charge in [0.1, 0.15) is 0 Å². The highest BCUT2D eigenvalue weighted by Gasteiger charge is 2.32. The van der Waals surface area contributed by atoms with Gasteiger partial charge in [-0.3, -0.25) is 5.21 Å². The van der Waals surface area contributed by atoms with Gasteiger partial charge in [-0.1, -0.05) is 18.2 Å². The van der Waals surface area contributed by atoms with Gasteiger partial charge in [0, 0.05) is 37.0 Å². The van der Waals surface area contributed by atoms with E-state index in [2.05, 4.69) is 4.90 Å². The maximum Gasteiger partial charge on any atom is 0.415 e. The number of hydrogen-bond donors (Lipinski definition) is 3. The lowest BCUT2D eigenvalue weighted by molar-refractivity contribution is -0.835. The quantitative estimate of drug-likeness (QED) is 0.232. The second-order valence-electron chi connectivity index (χ2n) is 6.64. The van der Waals surface area contributed by atoms with Crippen LogP contribution in [0.15, 0.2) is 42.2 Å². The van der Waals surface area contributed by atoms with E-state index < -0.39 is 6.09 Å². The van der Waals surface area contributed by atoms with E-state index in [1.54, 1.807) is 29.2 Å². The molecule has 1 aromatic rings. The van der Waals surface area contributed by atoms with Gasteiger partial charge in [-0.2, -0.15) is 5.48 Å². The molecular weight excluding hydrogens is 364 g/mol. The van der Waals surface area contributed by atoms with E-state index >= 15 is 0 Å². The number of aromatic hydroxyl groups is 1. The highest BCUT2D eigenvalue weighted by Crippen LogP contribution is 2.30. The van der Waals surface area contributed by atoms with Crippen LogP contribution >= 0.6 is 0 Å². The van der Waals surface area contributed by atoms with E-state index in [9.17, 15) is 15.1 Å². The fraction of sp³-hybridized carbons (Fsp3) is 0.368. The molecule has 4 N–H and O–H groups in total. The molecule has 1 saturated heterocycles. The first-order chi connectivity index (χ1) is 13.5. The molecule has 0 saturated carbocycles. The number of ether oxygens (including phenoxy) is 1. The summed E-state index contributed by atoms with van der Waals surface area (Å²) in [5, 5.41) is 20.9. The first kappa shape index (κ1) is 19.9. The Balaban J connectivity index is 1.86. The normalized spacial score (nSPS) is 19.4. The Morgan fingerprint density at radius 2 is 2.00 bits per heavy atom. The molecular formula is C19H26N4O5+2. The van der Waals surface area contributed by atoms with E-state index in [1.165, 1.54) is 18.7 Å². The number of piperazine rings is 1. The third-order valence-electron chi connectivity index (χ3n) is 4.72. The van der Waals surface area contributed by atoms with Crippen molar-refractivity contribution in [3.05, 3.63) is 42.2 Å². The zero-order valence-electron chi connectivity index (χ0n) is 16.0. The summed E-state index contributed by atoms with van der Waals surface area (Å²) >= 11 is 0. The molecule has 1 aromatic carbocycles. The van der Waals surface area contributed by atoms with Crippen molar-refractivity contribution in [3.8, 4) is 5.75 Å². The number of carbonyl (C=O) groups excluding carboxylic acids is 1. The van der Waals surface area contributed by atoms with E-state index in [0.29, 0.717) is 36.6 Å². The predicted octanol–water partition coefficient (Wildman–Crippen LogP) is 0.850. The summed E-state index contributed by atoms with van der Waals surface area (Å²) in [5.41, 5.74) is 2.36. The van der Waals surface area contributed by atoms with Crippen LogP contribution < -0.4 is 5.48 Å². The molecule has 2 aliphatic rings. The van der Waals surface area contributed by atoms with Crippen molar-refractivity contribution in [1.29, 1.82) is 0 Å². The van der Waals surface area contributed by atoms with Crippen molar-refractivity contribution < 1.29 is 34.9 Å². The Bertz CT molecular complexity index is 826. The summed E-state index contributed by atoms with van der Waals surface area (Å²) in [6.07, 6.45) is 5.17. The summed E-state index contributed by atoms with van der Waals surface area (Å²) < 4.78 is 6.50. The second-order valence-corrected chi connectivity index (χ2v) is 6.64. The van der Waals surface area contributed by atoms with Gasteiger partial charge in [-0.25, -0.2) is 9.63 Å².